The van der Waals surface area contributed by atoms with Gasteiger partial charge in [0.25, 0.3) is 0 Å². The molecule has 0 unspecified atom stereocenters. The predicted octanol–water partition coefficient (Wildman–Crippen LogP) is 4.55. The molecule has 0 bridgehead atoms. The third kappa shape index (κ3) is 4.83. The Labute approximate surface area is 94.0 Å². The highest BCUT2D eigenvalue weighted by Crippen LogP contribution is 2.11. The lowest BCUT2D eigenvalue weighted by molar-refractivity contribution is 0.647. The minimum atomic E-state index is 0.625. The normalized spacial score (nSPS) is 11.9. The van der Waals surface area contributed by atoms with E-state index in [-0.39, 0.29) is 0 Å². The fraction of sp³-hybridized carbons (Fsp3) is 0.467. The van der Waals surface area contributed by atoms with Gasteiger partial charge in [0.2, 0.25) is 0 Å². The van der Waals surface area contributed by atoms with Crippen LogP contribution in [0.1, 0.15) is 38.8 Å². The van der Waals surface area contributed by atoms with Crippen molar-refractivity contribution in [3.63, 3.8) is 0 Å². The summed E-state index contributed by atoms with van der Waals surface area (Å²) >= 11 is 0. The highest BCUT2D eigenvalue weighted by Gasteiger charge is 1.96. The molecule has 0 aliphatic heterocycles. The Morgan fingerprint density at radius 3 is 2.07 bits per heavy atom. The molecule has 0 amide bonds. The van der Waals surface area contributed by atoms with E-state index < -0.39 is 0 Å². The van der Waals surface area contributed by atoms with E-state index in [0.717, 1.165) is 5.92 Å². The molecule has 0 atom stereocenters. The first kappa shape index (κ1) is 12.0. The van der Waals surface area contributed by atoms with E-state index >= 15 is 0 Å². The molecule has 0 aromatic heterocycles. The van der Waals surface area contributed by atoms with Crippen molar-refractivity contribution < 1.29 is 0 Å². The van der Waals surface area contributed by atoms with Crippen molar-refractivity contribution in [2.24, 2.45) is 11.8 Å². The third-order valence-corrected chi connectivity index (χ3v) is 2.30. The summed E-state index contributed by atoms with van der Waals surface area (Å²) in [5.74, 6) is 1.36. The van der Waals surface area contributed by atoms with Crippen molar-refractivity contribution >= 4 is 6.08 Å². The van der Waals surface area contributed by atoms with Crippen molar-refractivity contribution in [3.05, 3.63) is 41.5 Å². The lowest BCUT2D eigenvalue weighted by atomic mass is 10.0. The monoisotopic (exact) mass is 202 g/mol. The second-order valence-corrected chi connectivity index (χ2v) is 4.94. The summed E-state index contributed by atoms with van der Waals surface area (Å²) in [6.07, 6.45) is 5.61. The highest BCUT2D eigenvalue weighted by atomic mass is 14.0. The molecule has 0 nitrogen and oxygen atoms in total. The fourth-order valence-electron chi connectivity index (χ4n) is 1.54. The van der Waals surface area contributed by atoms with Gasteiger partial charge in [-0.25, -0.2) is 0 Å². The molecule has 0 heterocycles. The molecular weight excluding hydrogens is 180 g/mol. The van der Waals surface area contributed by atoms with Crippen molar-refractivity contribution in [1.82, 2.24) is 0 Å². The van der Waals surface area contributed by atoms with Gasteiger partial charge in [-0.3, -0.25) is 0 Å². The Bertz CT molecular complexity index is 301. The largest absolute Gasteiger partial charge is 0.0814 e. The van der Waals surface area contributed by atoms with Crippen LogP contribution in [0.3, 0.4) is 0 Å². The lowest BCUT2D eigenvalue weighted by Crippen LogP contribution is -1.93. The minimum absolute atomic E-state index is 0.625. The zero-order valence-corrected chi connectivity index (χ0v) is 10.3. The van der Waals surface area contributed by atoms with Crippen LogP contribution in [-0.4, -0.2) is 0 Å². The molecule has 1 aromatic carbocycles. The molecule has 0 aliphatic rings. The summed E-state index contributed by atoms with van der Waals surface area (Å²) in [5, 5.41) is 0. The van der Waals surface area contributed by atoms with Crippen molar-refractivity contribution in [2.45, 2.75) is 34.1 Å². The molecule has 0 spiro atoms. The summed E-state index contributed by atoms with van der Waals surface area (Å²) in [7, 11) is 0. The molecule has 82 valence electrons. The summed E-state index contributed by atoms with van der Waals surface area (Å²) in [6.45, 7) is 8.91. The van der Waals surface area contributed by atoms with E-state index in [1.165, 1.54) is 17.5 Å². The number of hydrogen-bond donors (Lipinski definition) is 0. The van der Waals surface area contributed by atoms with E-state index in [0.29, 0.717) is 5.92 Å². The van der Waals surface area contributed by atoms with Gasteiger partial charge in [-0.15, -0.1) is 0 Å². The minimum Gasteiger partial charge on any atom is -0.0814 e. The first-order valence-corrected chi connectivity index (χ1v) is 5.85. The van der Waals surface area contributed by atoms with Crippen molar-refractivity contribution in [3.8, 4) is 0 Å². The van der Waals surface area contributed by atoms with Crippen LogP contribution in [0.25, 0.3) is 6.08 Å². The molecule has 0 heteroatoms. The summed E-state index contributed by atoms with van der Waals surface area (Å²) in [4.78, 5) is 0. The first-order valence-electron chi connectivity index (χ1n) is 5.85. The Kier molecular flexibility index (Phi) is 4.61. The maximum absolute atomic E-state index is 2.26. The van der Waals surface area contributed by atoms with Gasteiger partial charge in [0, 0.05) is 0 Å². The van der Waals surface area contributed by atoms with Gasteiger partial charge < -0.3 is 0 Å². The third-order valence-electron chi connectivity index (χ3n) is 2.30. The predicted molar refractivity (Wildman–Crippen MR) is 68.9 cm³/mol. The maximum atomic E-state index is 2.26. The van der Waals surface area contributed by atoms with Crippen molar-refractivity contribution in [1.29, 1.82) is 0 Å². The van der Waals surface area contributed by atoms with E-state index in [9.17, 15) is 0 Å². The van der Waals surface area contributed by atoms with E-state index in [1.54, 1.807) is 0 Å². The Morgan fingerprint density at radius 2 is 1.60 bits per heavy atom. The summed E-state index contributed by atoms with van der Waals surface area (Å²) in [5.41, 5.74) is 2.74. The van der Waals surface area contributed by atoms with Crippen molar-refractivity contribution in [2.75, 3.05) is 0 Å². The van der Waals surface area contributed by atoms with E-state index in [4.69, 9.17) is 0 Å². The Hall–Kier alpha value is -1.04. The number of benzene rings is 1. The van der Waals surface area contributed by atoms with Gasteiger partial charge >= 0.3 is 0 Å². The average Bonchev–Trinajstić information content (AvgIpc) is 2.16. The molecule has 0 radical (unpaired) electrons. The van der Waals surface area contributed by atoms with Crippen LogP contribution in [0.2, 0.25) is 0 Å². The smallest absolute Gasteiger partial charge is 0.0256 e. The molecule has 0 saturated carbocycles. The standard InChI is InChI=1S/C15H22/c1-12(2)5-6-14-7-9-15(10-8-14)11-13(3)4/h5-10,12-13H,11H2,1-4H3/b6-5+. The van der Waals surface area contributed by atoms with Gasteiger partial charge in [0.05, 0.1) is 0 Å². The van der Waals surface area contributed by atoms with Gasteiger partial charge in [0.1, 0.15) is 0 Å². The first-order chi connectivity index (χ1) is 7.08. The molecule has 0 aliphatic carbocycles. The zero-order valence-electron chi connectivity index (χ0n) is 10.3. The average molecular weight is 202 g/mol. The van der Waals surface area contributed by atoms with Gasteiger partial charge in [-0.2, -0.15) is 0 Å². The molecule has 0 saturated heterocycles. The van der Waals surface area contributed by atoms with Gasteiger partial charge in [-0.05, 0) is 29.4 Å². The number of rotatable bonds is 4. The topological polar surface area (TPSA) is 0 Å². The van der Waals surface area contributed by atoms with E-state index in [1.807, 2.05) is 0 Å². The van der Waals surface area contributed by atoms with Crippen LogP contribution >= 0.6 is 0 Å². The second-order valence-electron chi connectivity index (χ2n) is 4.94. The fourth-order valence-corrected chi connectivity index (χ4v) is 1.54. The molecular formula is C15H22. The number of hydrogen-bond acceptors (Lipinski definition) is 0. The van der Waals surface area contributed by atoms with Crippen LogP contribution < -0.4 is 0 Å². The Balaban J connectivity index is 2.64. The van der Waals surface area contributed by atoms with Crippen LogP contribution in [-0.2, 0) is 6.42 Å². The maximum Gasteiger partial charge on any atom is -0.0256 e. The van der Waals surface area contributed by atoms with E-state index in [2.05, 4.69) is 64.1 Å². The molecule has 0 fully saturated rings. The van der Waals surface area contributed by atoms with Crippen LogP contribution in [0.15, 0.2) is 30.3 Å². The van der Waals surface area contributed by atoms with Crippen LogP contribution in [0.4, 0.5) is 0 Å². The highest BCUT2D eigenvalue weighted by molar-refractivity contribution is 5.49. The second kappa shape index (κ2) is 5.75. The zero-order chi connectivity index (χ0) is 11.3. The van der Waals surface area contributed by atoms with Crippen LogP contribution in [0.5, 0.6) is 0 Å². The van der Waals surface area contributed by atoms with Crippen LogP contribution in [0, 0.1) is 11.8 Å². The molecule has 1 rings (SSSR count). The summed E-state index contributed by atoms with van der Waals surface area (Å²) in [6, 6.07) is 8.88. The number of allylic oxidation sites excluding steroid dienone is 1. The quantitative estimate of drug-likeness (QED) is 0.671. The molecule has 0 N–H and O–H groups in total. The molecule has 1 aromatic rings. The van der Waals surface area contributed by atoms with Gasteiger partial charge in [-0.1, -0.05) is 64.1 Å². The SMILES string of the molecule is CC(C)/C=C/c1ccc(CC(C)C)cc1. The van der Waals surface area contributed by atoms with Gasteiger partial charge in [0.15, 0.2) is 0 Å². The molecule has 15 heavy (non-hydrogen) atoms. The lowest BCUT2D eigenvalue weighted by Gasteiger charge is -2.04. The Morgan fingerprint density at radius 1 is 1.00 bits per heavy atom. The summed E-state index contributed by atoms with van der Waals surface area (Å²) < 4.78 is 0.